The Labute approximate surface area is 119 Å². The Morgan fingerprint density at radius 1 is 1.40 bits per heavy atom. The molecular formula is C15H23NO4. The van der Waals surface area contributed by atoms with E-state index in [2.05, 4.69) is 12.2 Å². The van der Waals surface area contributed by atoms with Crippen LogP contribution in [0, 0.1) is 5.92 Å². The molecule has 1 heterocycles. The van der Waals surface area contributed by atoms with Gasteiger partial charge >= 0.3 is 0 Å². The van der Waals surface area contributed by atoms with Crippen LogP contribution in [0.1, 0.15) is 25.3 Å². The molecule has 5 heteroatoms. The summed E-state index contributed by atoms with van der Waals surface area (Å²) in [6.07, 6.45) is 1.91. The van der Waals surface area contributed by atoms with Gasteiger partial charge in [-0.05, 0) is 36.6 Å². The van der Waals surface area contributed by atoms with Crippen molar-refractivity contribution in [2.24, 2.45) is 5.92 Å². The molecule has 0 radical (unpaired) electrons. The molecule has 5 nitrogen and oxygen atoms in total. The molecule has 2 rings (SSSR count). The highest BCUT2D eigenvalue weighted by atomic mass is 16.7. The Hall–Kier alpha value is -1.46. The van der Waals surface area contributed by atoms with E-state index in [4.69, 9.17) is 19.3 Å². The fourth-order valence-corrected chi connectivity index (χ4v) is 2.34. The molecule has 0 aliphatic carbocycles. The Bertz CT molecular complexity index is 436. The van der Waals surface area contributed by atoms with E-state index in [1.165, 1.54) is 0 Å². The van der Waals surface area contributed by atoms with E-state index in [0.717, 1.165) is 37.2 Å². The van der Waals surface area contributed by atoms with Crippen LogP contribution in [0.25, 0.3) is 0 Å². The third kappa shape index (κ3) is 3.55. The van der Waals surface area contributed by atoms with Gasteiger partial charge in [0.25, 0.3) is 0 Å². The third-order valence-corrected chi connectivity index (χ3v) is 3.60. The predicted octanol–water partition coefficient (Wildman–Crippen LogP) is 1.92. The number of nitrogens with one attached hydrogen (secondary N) is 1. The van der Waals surface area contributed by atoms with Crippen molar-refractivity contribution >= 4 is 0 Å². The lowest BCUT2D eigenvalue weighted by Crippen LogP contribution is -2.22. The second kappa shape index (κ2) is 7.36. The zero-order valence-corrected chi connectivity index (χ0v) is 12.1. The molecule has 1 aromatic carbocycles. The molecule has 0 saturated heterocycles. The maximum absolute atomic E-state index is 8.98. The molecule has 2 N–H and O–H groups in total. The number of benzene rings is 1. The summed E-state index contributed by atoms with van der Waals surface area (Å²) in [6, 6.07) is 3.94. The number of aliphatic hydroxyl groups excluding tert-OH is 1. The summed E-state index contributed by atoms with van der Waals surface area (Å²) in [6.45, 7) is 4.28. The van der Waals surface area contributed by atoms with Crippen LogP contribution >= 0.6 is 0 Å². The topological polar surface area (TPSA) is 60.0 Å². The Morgan fingerprint density at radius 2 is 2.25 bits per heavy atom. The van der Waals surface area contributed by atoms with Gasteiger partial charge in [0.2, 0.25) is 12.5 Å². The average Bonchev–Trinajstić information content (AvgIpc) is 2.93. The summed E-state index contributed by atoms with van der Waals surface area (Å²) >= 11 is 0. The average molecular weight is 281 g/mol. The van der Waals surface area contributed by atoms with Gasteiger partial charge in [-0.2, -0.15) is 0 Å². The molecule has 1 aliphatic heterocycles. The zero-order chi connectivity index (χ0) is 14.4. The van der Waals surface area contributed by atoms with Gasteiger partial charge in [-0.1, -0.05) is 13.3 Å². The number of aliphatic hydroxyl groups is 1. The van der Waals surface area contributed by atoms with E-state index in [0.29, 0.717) is 17.4 Å². The van der Waals surface area contributed by atoms with Crippen LogP contribution in [-0.4, -0.2) is 32.2 Å². The number of fused-ring (bicyclic) bond motifs is 1. The molecule has 0 saturated carbocycles. The molecule has 0 fully saturated rings. The number of hydrogen-bond acceptors (Lipinski definition) is 5. The SMILES string of the molecule is CCC(CCO)CNCc1cc(OC)c2c(c1)OCO2. The summed E-state index contributed by atoms with van der Waals surface area (Å²) in [5.74, 6) is 2.64. The third-order valence-electron chi connectivity index (χ3n) is 3.60. The molecule has 1 aliphatic rings. The molecule has 1 unspecified atom stereocenters. The van der Waals surface area contributed by atoms with Gasteiger partial charge in [0.15, 0.2) is 11.5 Å². The number of rotatable bonds is 8. The van der Waals surface area contributed by atoms with Crippen molar-refractivity contribution < 1.29 is 19.3 Å². The standard InChI is InChI=1S/C15H23NO4/c1-3-11(4-5-17)8-16-9-12-6-13(18-2)15-14(7-12)19-10-20-15/h6-7,11,16-17H,3-5,8-10H2,1-2H3. The van der Waals surface area contributed by atoms with Crippen molar-refractivity contribution in [3.05, 3.63) is 17.7 Å². The van der Waals surface area contributed by atoms with E-state index >= 15 is 0 Å². The van der Waals surface area contributed by atoms with Gasteiger partial charge in [-0.25, -0.2) is 0 Å². The van der Waals surface area contributed by atoms with Gasteiger partial charge in [0, 0.05) is 13.2 Å². The molecule has 1 atom stereocenters. The predicted molar refractivity (Wildman–Crippen MR) is 76.3 cm³/mol. The van der Waals surface area contributed by atoms with E-state index < -0.39 is 0 Å². The summed E-state index contributed by atoms with van der Waals surface area (Å²) in [5.41, 5.74) is 1.10. The summed E-state index contributed by atoms with van der Waals surface area (Å²) in [7, 11) is 1.63. The lowest BCUT2D eigenvalue weighted by molar-refractivity contribution is 0.171. The lowest BCUT2D eigenvalue weighted by atomic mass is 10.0. The van der Waals surface area contributed by atoms with Crippen LogP contribution in [-0.2, 0) is 6.54 Å². The minimum Gasteiger partial charge on any atom is -0.493 e. The fraction of sp³-hybridized carbons (Fsp3) is 0.600. The first-order valence-corrected chi connectivity index (χ1v) is 7.06. The van der Waals surface area contributed by atoms with Crippen LogP contribution in [0.15, 0.2) is 12.1 Å². The highest BCUT2D eigenvalue weighted by Gasteiger charge is 2.19. The maximum atomic E-state index is 8.98. The zero-order valence-electron chi connectivity index (χ0n) is 12.1. The van der Waals surface area contributed by atoms with E-state index in [-0.39, 0.29) is 13.4 Å². The Morgan fingerprint density at radius 3 is 2.95 bits per heavy atom. The van der Waals surface area contributed by atoms with E-state index in [9.17, 15) is 0 Å². The first-order valence-electron chi connectivity index (χ1n) is 7.06. The van der Waals surface area contributed by atoms with Gasteiger partial charge < -0.3 is 24.6 Å². The molecule has 20 heavy (non-hydrogen) atoms. The molecule has 0 amide bonds. The van der Waals surface area contributed by atoms with Gasteiger partial charge in [-0.3, -0.25) is 0 Å². The van der Waals surface area contributed by atoms with Crippen molar-refractivity contribution in [1.82, 2.24) is 5.32 Å². The fourth-order valence-electron chi connectivity index (χ4n) is 2.34. The maximum Gasteiger partial charge on any atom is 0.231 e. The van der Waals surface area contributed by atoms with Crippen LogP contribution in [0.3, 0.4) is 0 Å². The molecular weight excluding hydrogens is 258 g/mol. The minimum atomic E-state index is 0.247. The van der Waals surface area contributed by atoms with Crippen molar-refractivity contribution in [3.63, 3.8) is 0 Å². The highest BCUT2D eigenvalue weighted by Crippen LogP contribution is 2.41. The summed E-state index contributed by atoms with van der Waals surface area (Å²) in [4.78, 5) is 0. The molecule has 0 spiro atoms. The summed E-state index contributed by atoms with van der Waals surface area (Å²) < 4.78 is 16.1. The quantitative estimate of drug-likeness (QED) is 0.762. The largest absolute Gasteiger partial charge is 0.493 e. The van der Waals surface area contributed by atoms with Crippen LogP contribution in [0.4, 0.5) is 0 Å². The molecule has 1 aromatic rings. The Balaban J connectivity index is 1.93. The lowest BCUT2D eigenvalue weighted by Gasteiger charge is -2.15. The van der Waals surface area contributed by atoms with Crippen molar-refractivity contribution in [2.45, 2.75) is 26.3 Å². The highest BCUT2D eigenvalue weighted by molar-refractivity contribution is 5.55. The number of hydrogen-bond donors (Lipinski definition) is 2. The van der Waals surface area contributed by atoms with Crippen molar-refractivity contribution in [1.29, 1.82) is 0 Å². The van der Waals surface area contributed by atoms with Crippen LogP contribution in [0.5, 0.6) is 17.2 Å². The second-order valence-corrected chi connectivity index (χ2v) is 4.95. The first kappa shape index (κ1) is 14.9. The van der Waals surface area contributed by atoms with Gasteiger partial charge in [0.1, 0.15) is 0 Å². The van der Waals surface area contributed by atoms with Crippen molar-refractivity contribution in [3.8, 4) is 17.2 Å². The second-order valence-electron chi connectivity index (χ2n) is 4.95. The normalized spacial score (nSPS) is 14.3. The van der Waals surface area contributed by atoms with Crippen LogP contribution in [0.2, 0.25) is 0 Å². The monoisotopic (exact) mass is 281 g/mol. The molecule has 0 bridgehead atoms. The van der Waals surface area contributed by atoms with E-state index in [1.54, 1.807) is 7.11 Å². The van der Waals surface area contributed by atoms with Gasteiger partial charge in [0.05, 0.1) is 7.11 Å². The summed E-state index contributed by atoms with van der Waals surface area (Å²) in [5, 5.41) is 12.4. The molecule has 112 valence electrons. The first-order chi connectivity index (χ1) is 9.78. The van der Waals surface area contributed by atoms with Crippen LogP contribution < -0.4 is 19.5 Å². The Kier molecular flexibility index (Phi) is 5.49. The molecule has 0 aromatic heterocycles. The smallest absolute Gasteiger partial charge is 0.231 e. The van der Waals surface area contributed by atoms with Crippen molar-refractivity contribution in [2.75, 3.05) is 27.1 Å². The number of methoxy groups -OCH3 is 1. The van der Waals surface area contributed by atoms with Gasteiger partial charge in [-0.15, -0.1) is 0 Å². The number of ether oxygens (including phenoxy) is 3. The van der Waals surface area contributed by atoms with E-state index in [1.807, 2.05) is 12.1 Å². The minimum absolute atomic E-state index is 0.247.